The van der Waals surface area contributed by atoms with Gasteiger partial charge < -0.3 is 14.6 Å². The van der Waals surface area contributed by atoms with Gasteiger partial charge in [0.2, 0.25) is 10.0 Å². The first-order valence-electron chi connectivity index (χ1n) is 6.83. The molecule has 0 heterocycles. The first-order chi connectivity index (χ1) is 10.4. The molecule has 1 unspecified atom stereocenters. The van der Waals surface area contributed by atoms with E-state index < -0.39 is 22.0 Å². The van der Waals surface area contributed by atoms with E-state index in [0.29, 0.717) is 6.42 Å². The van der Waals surface area contributed by atoms with Gasteiger partial charge in [0, 0.05) is 0 Å². The van der Waals surface area contributed by atoms with Crippen molar-refractivity contribution >= 4 is 16.0 Å². The van der Waals surface area contributed by atoms with Gasteiger partial charge in [0.1, 0.15) is 17.5 Å². The molecule has 0 amide bonds. The molecule has 1 aromatic rings. The number of aliphatic carboxylic acids is 1. The lowest BCUT2D eigenvalue weighted by molar-refractivity contribution is -0.139. The van der Waals surface area contributed by atoms with Crippen LogP contribution in [-0.4, -0.2) is 39.8 Å². The van der Waals surface area contributed by atoms with Crippen LogP contribution in [0, 0.1) is 0 Å². The van der Waals surface area contributed by atoms with Crippen molar-refractivity contribution in [1.82, 2.24) is 4.72 Å². The van der Waals surface area contributed by atoms with Gasteiger partial charge in [-0.15, -0.1) is 0 Å². The van der Waals surface area contributed by atoms with E-state index in [4.69, 9.17) is 9.47 Å². The van der Waals surface area contributed by atoms with Gasteiger partial charge in [-0.2, -0.15) is 4.72 Å². The maximum absolute atomic E-state index is 12.5. The molecule has 0 radical (unpaired) electrons. The van der Waals surface area contributed by atoms with Crippen molar-refractivity contribution in [3.8, 4) is 11.5 Å². The zero-order chi connectivity index (χ0) is 16.8. The lowest BCUT2D eigenvalue weighted by atomic mass is 10.1. The fraction of sp³-hybridized carbons (Fsp3) is 0.500. The van der Waals surface area contributed by atoms with E-state index in [2.05, 4.69) is 4.72 Å². The fourth-order valence-corrected chi connectivity index (χ4v) is 3.51. The standard InChI is InChI=1S/C14H21NO6S/c1-4-5-7-10(14(16)17)15-22(18,19)13-11(20-2)8-6-9-12(13)21-3/h6,8-10,15H,4-5,7H2,1-3H3,(H,16,17). The summed E-state index contributed by atoms with van der Waals surface area (Å²) in [6, 6.07) is 3.33. The van der Waals surface area contributed by atoms with E-state index in [1.807, 2.05) is 6.92 Å². The number of benzene rings is 1. The zero-order valence-corrected chi connectivity index (χ0v) is 13.6. The molecule has 0 bridgehead atoms. The number of nitrogens with one attached hydrogen (secondary N) is 1. The smallest absolute Gasteiger partial charge is 0.321 e. The lowest BCUT2D eigenvalue weighted by Crippen LogP contribution is -2.40. The molecule has 0 spiro atoms. The van der Waals surface area contributed by atoms with Crippen molar-refractivity contribution in [2.75, 3.05) is 14.2 Å². The van der Waals surface area contributed by atoms with E-state index in [0.717, 1.165) is 6.42 Å². The van der Waals surface area contributed by atoms with E-state index in [9.17, 15) is 18.3 Å². The predicted octanol–water partition coefficient (Wildman–Crippen LogP) is 1.63. The number of carbonyl (C=O) groups is 1. The molecule has 0 aliphatic heterocycles. The van der Waals surface area contributed by atoms with Gasteiger partial charge in [0.15, 0.2) is 4.90 Å². The molecule has 8 heteroatoms. The summed E-state index contributed by atoms with van der Waals surface area (Å²) in [6.07, 6.45) is 1.58. The molecule has 1 atom stereocenters. The minimum atomic E-state index is -4.10. The van der Waals surface area contributed by atoms with Gasteiger partial charge in [-0.1, -0.05) is 25.8 Å². The third kappa shape index (κ3) is 4.35. The molecule has 2 N–H and O–H groups in total. The highest BCUT2D eigenvalue weighted by Crippen LogP contribution is 2.32. The van der Waals surface area contributed by atoms with Gasteiger partial charge in [-0.3, -0.25) is 4.79 Å². The molecule has 1 rings (SSSR count). The van der Waals surface area contributed by atoms with Gasteiger partial charge in [-0.25, -0.2) is 8.42 Å². The van der Waals surface area contributed by atoms with Crippen molar-refractivity contribution < 1.29 is 27.8 Å². The average Bonchev–Trinajstić information content (AvgIpc) is 2.50. The molecule has 0 saturated carbocycles. The van der Waals surface area contributed by atoms with Gasteiger partial charge in [0.05, 0.1) is 14.2 Å². The highest BCUT2D eigenvalue weighted by atomic mass is 32.2. The topological polar surface area (TPSA) is 102 Å². The molecular formula is C14H21NO6S. The second-order valence-electron chi connectivity index (χ2n) is 4.65. The van der Waals surface area contributed by atoms with Gasteiger partial charge in [0.25, 0.3) is 0 Å². The second-order valence-corrected chi connectivity index (χ2v) is 6.30. The number of rotatable bonds is 9. The first kappa shape index (κ1) is 18.2. The Kier molecular flexibility index (Phi) is 6.63. The van der Waals surface area contributed by atoms with Crippen LogP contribution in [0.5, 0.6) is 11.5 Å². The van der Waals surface area contributed by atoms with Crippen LogP contribution in [0.2, 0.25) is 0 Å². The summed E-state index contributed by atoms with van der Waals surface area (Å²) in [6.45, 7) is 1.90. The summed E-state index contributed by atoms with van der Waals surface area (Å²) in [4.78, 5) is 11.0. The number of sulfonamides is 1. The molecule has 7 nitrogen and oxygen atoms in total. The average molecular weight is 331 g/mol. The third-order valence-electron chi connectivity index (χ3n) is 3.09. The van der Waals surface area contributed by atoms with Crippen LogP contribution in [0.15, 0.2) is 23.1 Å². The Labute approximate surface area is 130 Å². The lowest BCUT2D eigenvalue weighted by Gasteiger charge is -2.17. The zero-order valence-electron chi connectivity index (χ0n) is 12.8. The minimum Gasteiger partial charge on any atom is -0.495 e. The molecule has 0 aliphatic rings. The van der Waals surface area contributed by atoms with Crippen molar-refractivity contribution in [3.05, 3.63) is 18.2 Å². The summed E-state index contributed by atoms with van der Waals surface area (Å²) < 4.78 is 37.4. The van der Waals surface area contributed by atoms with Crippen molar-refractivity contribution in [3.63, 3.8) is 0 Å². The Morgan fingerprint density at radius 1 is 1.27 bits per heavy atom. The number of carboxylic acids is 1. The maximum atomic E-state index is 12.5. The molecule has 0 aliphatic carbocycles. The van der Waals surface area contributed by atoms with Gasteiger partial charge >= 0.3 is 5.97 Å². The largest absolute Gasteiger partial charge is 0.495 e. The van der Waals surface area contributed by atoms with Crippen molar-refractivity contribution in [2.24, 2.45) is 0 Å². The summed E-state index contributed by atoms with van der Waals surface area (Å²) in [5.74, 6) is -1.04. The van der Waals surface area contributed by atoms with Crippen LogP contribution in [-0.2, 0) is 14.8 Å². The molecule has 1 aromatic carbocycles. The Balaban J connectivity index is 3.20. The van der Waals surface area contributed by atoms with E-state index in [1.165, 1.54) is 26.4 Å². The first-order valence-corrected chi connectivity index (χ1v) is 8.31. The van der Waals surface area contributed by atoms with E-state index in [-0.39, 0.29) is 22.8 Å². The number of hydrogen-bond acceptors (Lipinski definition) is 5. The minimum absolute atomic E-state index is 0.0893. The third-order valence-corrected chi connectivity index (χ3v) is 4.63. The number of carboxylic acid groups (broad SMARTS) is 1. The highest BCUT2D eigenvalue weighted by Gasteiger charge is 2.30. The number of methoxy groups -OCH3 is 2. The van der Waals surface area contributed by atoms with E-state index >= 15 is 0 Å². The van der Waals surface area contributed by atoms with Crippen molar-refractivity contribution in [1.29, 1.82) is 0 Å². The highest BCUT2D eigenvalue weighted by molar-refractivity contribution is 7.89. The summed E-state index contributed by atoms with van der Waals surface area (Å²) in [7, 11) is -1.44. The van der Waals surface area contributed by atoms with Crippen LogP contribution in [0.25, 0.3) is 0 Å². The van der Waals surface area contributed by atoms with Crippen LogP contribution in [0.3, 0.4) is 0 Å². The summed E-state index contributed by atoms with van der Waals surface area (Å²) in [5.41, 5.74) is 0. The van der Waals surface area contributed by atoms with Crippen LogP contribution >= 0.6 is 0 Å². The van der Waals surface area contributed by atoms with Crippen molar-refractivity contribution in [2.45, 2.75) is 37.1 Å². The molecule has 0 saturated heterocycles. The van der Waals surface area contributed by atoms with Crippen LogP contribution < -0.4 is 14.2 Å². The van der Waals surface area contributed by atoms with Crippen LogP contribution in [0.1, 0.15) is 26.2 Å². The fourth-order valence-electron chi connectivity index (χ4n) is 1.97. The Bertz CT molecular complexity index is 592. The Morgan fingerprint density at radius 3 is 2.23 bits per heavy atom. The molecule has 124 valence electrons. The number of hydrogen-bond donors (Lipinski definition) is 2. The van der Waals surface area contributed by atoms with Gasteiger partial charge in [-0.05, 0) is 18.6 Å². The summed E-state index contributed by atoms with van der Waals surface area (Å²) in [5, 5.41) is 9.17. The normalized spacial score (nSPS) is 12.7. The molecule has 0 aromatic heterocycles. The molecule has 22 heavy (non-hydrogen) atoms. The second kappa shape index (κ2) is 8.00. The molecule has 0 fully saturated rings. The Hall–Kier alpha value is -1.80. The Morgan fingerprint density at radius 2 is 1.82 bits per heavy atom. The number of ether oxygens (including phenoxy) is 2. The maximum Gasteiger partial charge on any atom is 0.321 e. The monoisotopic (exact) mass is 331 g/mol. The number of unbranched alkanes of at least 4 members (excludes halogenated alkanes) is 1. The van der Waals surface area contributed by atoms with Crippen LogP contribution in [0.4, 0.5) is 0 Å². The molecular weight excluding hydrogens is 310 g/mol. The summed E-state index contributed by atoms with van der Waals surface area (Å²) >= 11 is 0. The predicted molar refractivity (Wildman–Crippen MR) is 80.8 cm³/mol. The SMILES string of the molecule is CCCCC(NS(=O)(=O)c1c(OC)cccc1OC)C(=O)O. The van der Waals surface area contributed by atoms with E-state index in [1.54, 1.807) is 6.07 Å². The quantitative estimate of drug-likeness (QED) is 0.713.